The highest BCUT2D eigenvalue weighted by Gasteiger charge is 1.78. The Morgan fingerprint density at radius 1 is 1.57 bits per heavy atom. The third-order valence-corrected chi connectivity index (χ3v) is 1.35. The van der Waals surface area contributed by atoms with E-state index in [4.69, 9.17) is 9.26 Å². The molecule has 0 saturated heterocycles. The highest BCUT2D eigenvalue weighted by atomic mass is 31.1. The Balaban J connectivity index is 2.45. The van der Waals surface area contributed by atoms with Gasteiger partial charge in [-0.15, -0.1) is 0 Å². The molecule has 1 atom stereocenters. The average Bonchev–Trinajstić information content (AvgIpc) is 1.69. The van der Waals surface area contributed by atoms with Crippen LogP contribution in [0.4, 0.5) is 0 Å². The molecule has 2 nitrogen and oxygen atoms in total. The molecule has 0 aliphatic heterocycles. The van der Waals surface area contributed by atoms with Crippen LogP contribution in [0.3, 0.4) is 0 Å². The van der Waals surface area contributed by atoms with Crippen molar-refractivity contribution in [3.05, 3.63) is 0 Å². The van der Waals surface area contributed by atoms with Gasteiger partial charge in [0.15, 0.2) is 0 Å². The molecular formula is C4H11O2P. The fourth-order valence-corrected chi connectivity index (χ4v) is 0.608. The van der Waals surface area contributed by atoms with Gasteiger partial charge in [0, 0.05) is 22.5 Å². The number of ether oxygens (including phenoxy) is 1. The molecule has 0 saturated carbocycles. The quantitative estimate of drug-likeness (QED) is 0.412. The molecule has 0 heterocycles. The third-order valence-electron chi connectivity index (χ3n) is 0.450. The monoisotopic (exact) mass is 122 g/mol. The molecule has 0 aliphatic carbocycles. The van der Waals surface area contributed by atoms with Crippen LogP contribution in [0.1, 0.15) is 6.92 Å². The highest BCUT2D eigenvalue weighted by molar-refractivity contribution is 7.31. The minimum atomic E-state index is 0.510. The number of methoxy groups -OCH3 is 1. The molecule has 44 valence electrons. The summed E-state index contributed by atoms with van der Waals surface area (Å²) in [5.41, 5.74) is 0. The molecular weight excluding hydrogens is 111 g/mol. The molecule has 0 amide bonds. The minimum Gasteiger partial charge on any atom is -0.378 e. The summed E-state index contributed by atoms with van der Waals surface area (Å²) in [5.74, 6) is 0. The van der Waals surface area contributed by atoms with Crippen molar-refractivity contribution in [2.75, 3.05) is 20.1 Å². The Bertz CT molecular complexity index is 28.9. The fourth-order valence-electron chi connectivity index (χ4n) is 0.203. The lowest BCUT2D eigenvalue weighted by atomic mass is 10.9. The zero-order valence-corrected chi connectivity index (χ0v) is 5.73. The molecule has 0 radical (unpaired) electrons. The van der Waals surface area contributed by atoms with E-state index in [9.17, 15) is 0 Å². The lowest BCUT2D eigenvalue weighted by Crippen LogP contribution is -1.80. The van der Waals surface area contributed by atoms with Gasteiger partial charge in [-0.2, -0.15) is 0 Å². The Morgan fingerprint density at radius 3 is 2.71 bits per heavy atom. The molecule has 0 fully saturated rings. The minimum absolute atomic E-state index is 0.510. The van der Waals surface area contributed by atoms with E-state index in [1.54, 1.807) is 7.11 Å². The van der Waals surface area contributed by atoms with Crippen LogP contribution in [-0.2, 0) is 9.26 Å². The van der Waals surface area contributed by atoms with Crippen molar-refractivity contribution in [1.29, 1.82) is 0 Å². The average molecular weight is 122 g/mol. The van der Waals surface area contributed by atoms with Crippen molar-refractivity contribution in [2.45, 2.75) is 6.92 Å². The van der Waals surface area contributed by atoms with Crippen LogP contribution in [0.25, 0.3) is 0 Å². The summed E-state index contributed by atoms with van der Waals surface area (Å²) in [7, 11) is 2.18. The SMILES string of the molecule is CCOPCOC. The molecule has 1 unspecified atom stereocenters. The maximum Gasteiger partial charge on any atom is 0.0876 e. The number of hydrogen-bond acceptors (Lipinski definition) is 2. The topological polar surface area (TPSA) is 18.5 Å². The van der Waals surface area contributed by atoms with Crippen LogP contribution in [0.5, 0.6) is 0 Å². The van der Waals surface area contributed by atoms with E-state index in [0.717, 1.165) is 13.0 Å². The molecule has 0 aromatic heterocycles. The van der Waals surface area contributed by atoms with E-state index >= 15 is 0 Å². The van der Waals surface area contributed by atoms with Crippen LogP contribution >= 0.6 is 8.81 Å². The zero-order chi connectivity index (χ0) is 5.54. The Morgan fingerprint density at radius 2 is 2.29 bits per heavy atom. The van der Waals surface area contributed by atoms with Gasteiger partial charge in [0.2, 0.25) is 0 Å². The fraction of sp³-hybridized carbons (Fsp3) is 1.00. The van der Waals surface area contributed by atoms with E-state index in [0.29, 0.717) is 8.81 Å². The molecule has 0 aliphatic rings. The number of hydrogen-bond donors (Lipinski definition) is 0. The molecule has 0 bridgehead atoms. The summed E-state index contributed by atoms with van der Waals surface area (Å²) in [5, 5.41) is 0. The summed E-state index contributed by atoms with van der Waals surface area (Å²) in [6.45, 7) is 2.77. The van der Waals surface area contributed by atoms with Gasteiger partial charge in [-0.25, -0.2) is 0 Å². The maximum absolute atomic E-state index is 4.98. The molecule has 0 aromatic carbocycles. The van der Waals surface area contributed by atoms with Crippen molar-refractivity contribution in [2.24, 2.45) is 0 Å². The highest BCUT2D eigenvalue weighted by Crippen LogP contribution is 2.08. The number of rotatable bonds is 4. The van der Waals surface area contributed by atoms with Gasteiger partial charge >= 0.3 is 0 Å². The second-order valence-corrected chi connectivity index (χ2v) is 1.88. The van der Waals surface area contributed by atoms with Crippen LogP contribution in [0.2, 0.25) is 0 Å². The van der Waals surface area contributed by atoms with Crippen LogP contribution in [0, 0.1) is 0 Å². The van der Waals surface area contributed by atoms with E-state index in [-0.39, 0.29) is 0 Å². The van der Waals surface area contributed by atoms with Gasteiger partial charge in [0.25, 0.3) is 0 Å². The van der Waals surface area contributed by atoms with Crippen LogP contribution in [0.15, 0.2) is 0 Å². The zero-order valence-electron chi connectivity index (χ0n) is 4.73. The lowest BCUT2D eigenvalue weighted by Gasteiger charge is -1.95. The van der Waals surface area contributed by atoms with E-state index in [1.807, 2.05) is 6.92 Å². The lowest BCUT2D eigenvalue weighted by molar-refractivity contribution is 0.243. The molecule has 7 heavy (non-hydrogen) atoms. The third kappa shape index (κ3) is 6.35. The predicted molar refractivity (Wildman–Crippen MR) is 31.8 cm³/mol. The molecule has 3 heteroatoms. The van der Waals surface area contributed by atoms with E-state index < -0.39 is 0 Å². The first-order valence-corrected chi connectivity index (χ1v) is 3.37. The van der Waals surface area contributed by atoms with Gasteiger partial charge in [0.1, 0.15) is 0 Å². The summed E-state index contributed by atoms with van der Waals surface area (Å²) < 4.78 is 9.71. The normalized spacial score (nSPS) is 11.1. The summed E-state index contributed by atoms with van der Waals surface area (Å²) in [6.07, 6.45) is 0.730. The largest absolute Gasteiger partial charge is 0.378 e. The predicted octanol–water partition coefficient (Wildman–Crippen LogP) is 1.22. The summed E-state index contributed by atoms with van der Waals surface area (Å²) in [4.78, 5) is 0. The van der Waals surface area contributed by atoms with Crippen molar-refractivity contribution < 1.29 is 9.26 Å². The van der Waals surface area contributed by atoms with Gasteiger partial charge in [-0.1, -0.05) is 0 Å². The van der Waals surface area contributed by atoms with Gasteiger partial charge in [-0.3, -0.25) is 0 Å². The molecule has 0 N–H and O–H groups in total. The van der Waals surface area contributed by atoms with Crippen molar-refractivity contribution in [3.8, 4) is 0 Å². The van der Waals surface area contributed by atoms with E-state index in [1.165, 1.54) is 0 Å². The first-order chi connectivity index (χ1) is 3.41. The summed E-state index contributed by atoms with van der Waals surface area (Å²) in [6, 6.07) is 0. The second kappa shape index (κ2) is 6.35. The first kappa shape index (κ1) is 7.35. The smallest absolute Gasteiger partial charge is 0.0876 e. The van der Waals surface area contributed by atoms with Gasteiger partial charge in [-0.05, 0) is 6.92 Å². The van der Waals surface area contributed by atoms with Crippen LogP contribution < -0.4 is 0 Å². The Labute approximate surface area is 46.1 Å². The maximum atomic E-state index is 4.98. The Kier molecular flexibility index (Phi) is 6.67. The van der Waals surface area contributed by atoms with E-state index in [2.05, 4.69) is 0 Å². The Hall–Kier alpha value is 0.350. The standard InChI is InChI=1S/C4H11O2P/c1-3-6-7-4-5-2/h7H,3-4H2,1-2H3. The van der Waals surface area contributed by atoms with Crippen molar-refractivity contribution in [1.82, 2.24) is 0 Å². The van der Waals surface area contributed by atoms with Crippen LogP contribution in [-0.4, -0.2) is 20.1 Å². The first-order valence-electron chi connectivity index (χ1n) is 2.25. The van der Waals surface area contributed by atoms with Gasteiger partial charge < -0.3 is 9.26 Å². The molecule has 0 aromatic rings. The van der Waals surface area contributed by atoms with Crippen molar-refractivity contribution >= 4 is 8.81 Å². The summed E-state index contributed by atoms with van der Waals surface area (Å²) >= 11 is 0. The molecule has 0 rings (SSSR count). The second-order valence-electron chi connectivity index (χ2n) is 1.01. The van der Waals surface area contributed by atoms with Gasteiger partial charge in [0.05, 0.1) is 6.35 Å². The molecule has 0 spiro atoms. The van der Waals surface area contributed by atoms with Crippen molar-refractivity contribution in [3.63, 3.8) is 0 Å².